The molecule has 0 N–H and O–H groups in total. The van der Waals surface area contributed by atoms with Gasteiger partial charge in [-0.25, -0.2) is 20.0 Å². The van der Waals surface area contributed by atoms with E-state index in [2.05, 4.69) is 27.0 Å². The number of ether oxygens (including phenoxy) is 1. The van der Waals surface area contributed by atoms with Gasteiger partial charge in [-0.05, 0) is 26.3 Å². The van der Waals surface area contributed by atoms with E-state index in [-0.39, 0.29) is 13.1 Å². The molecule has 0 radical (unpaired) electrons. The van der Waals surface area contributed by atoms with Crippen LogP contribution in [0.2, 0.25) is 0 Å². The molecule has 0 fully saturated rings. The lowest BCUT2D eigenvalue weighted by Gasteiger charge is -2.22. The van der Waals surface area contributed by atoms with Crippen molar-refractivity contribution >= 4 is 12.7 Å². The zero-order valence-corrected chi connectivity index (χ0v) is 16.4. The summed E-state index contributed by atoms with van der Waals surface area (Å²) in [5, 5.41) is 5.58. The van der Waals surface area contributed by atoms with Gasteiger partial charge >= 0.3 is 0 Å². The molecule has 0 amide bonds. The average molecular weight is 363 g/mol. The van der Waals surface area contributed by atoms with Crippen molar-refractivity contribution in [2.75, 3.05) is 6.67 Å². The number of rotatable bonds is 6. The van der Waals surface area contributed by atoms with Gasteiger partial charge in [-0.2, -0.15) is 9.49 Å². The Morgan fingerprint density at radius 1 is 1.31 bits per heavy atom. The zero-order chi connectivity index (χ0) is 19.6. The van der Waals surface area contributed by atoms with Gasteiger partial charge in [-0.1, -0.05) is 39.3 Å². The predicted octanol–water partition coefficient (Wildman–Crippen LogP) is 4.90. The monoisotopic (exact) mass is 363 g/mol. The van der Waals surface area contributed by atoms with Crippen molar-refractivity contribution in [1.82, 2.24) is 15.0 Å². The van der Waals surface area contributed by atoms with Crippen LogP contribution >= 0.6 is 0 Å². The molecule has 26 heavy (non-hydrogen) atoms. The van der Waals surface area contributed by atoms with Gasteiger partial charge in [0.25, 0.3) is 0 Å². The number of aryl methyl sites for hydroxylation is 1. The van der Waals surface area contributed by atoms with Crippen molar-refractivity contribution in [3.05, 3.63) is 42.2 Å². The number of nitrogens with zero attached hydrogens (tertiary/aromatic N) is 5. The van der Waals surface area contributed by atoms with Crippen LogP contribution in [0.1, 0.15) is 53.0 Å². The van der Waals surface area contributed by atoms with Crippen LogP contribution < -0.4 is 4.74 Å². The first kappa shape index (κ1) is 23.4. The summed E-state index contributed by atoms with van der Waals surface area (Å²) in [6, 6.07) is 0. The van der Waals surface area contributed by atoms with Gasteiger partial charge in [0, 0.05) is 24.4 Å². The number of aromatic nitrogens is 2. The number of hydrogen-bond acceptors (Lipinski definition) is 6. The Morgan fingerprint density at radius 2 is 2.04 bits per heavy atom. The van der Waals surface area contributed by atoms with Gasteiger partial charge in [-0.15, -0.1) is 0 Å². The third kappa shape index (κ3) is 9.05. The largest absolute Gasteiger partial charge is 0.421 e. The molecule has 0 saturated carbocycles. The highest BCUT2D eigenvalue weighted by Gasteiger charge is 2.15. The maximum Gasteiger partial charge on any atom is 0.227 e. The van der Waals surface area contributed by atoms with E-state index in [9.17, 15) is 4.39 Å². The summed E-state index contributed by atoms with van der Waals surface area (Å²) in [5.41, 5.74) is 0.930. The summed E-state index contributed by atoms with van der Waals surface area (Å²) in [6.07, 6.45) is 13.2. The van der Waals surface area contributed by atoms with Crippen LogP contribution in [0.3, 0.4) is 0 Å². The van der Waals surface area contributed by atoms with Gasteiger partial charge < -0.3 is 4.74 Å². The van der Waals surface area contributed by atoms with Crippen LogP contribution in [-0.4, -0.2) is 34.3 Å². The second-order valence-electron chi connectivity index (χ2n) is 4.77. The Kier molecular flexibility index (Phi) is 14.4. The minimum atomic E-state index is 0.0625. The van der Waals surface area contributed by atoms with Crippen molar-refractivity contribution in [1.29, 1.82) is 0 Å². The standard InChI is InChI=1S/C13H16FN5O.C4H8.C2H6/c1-2-4-11-7-15-9-17-13(11)20-12-5-3-6-18-19(12)10-16-8-14;1-3-4-2;1-2/h5-9H,2-4,10H2,1H3;3-4H,1-2H3;1-2H3/b16-8+;4-3-;. The number of allylic oxidation sites excluding steroid dienone is 3. The summed E-state index contributed by atoms with van der Waals surface area (Å²) in [5.74, 6) is 0.994. The molecule has 0 aliphatic carbocycles. The molecular weight excluding hydrogens is 333 g/mol. The van der Waals surface area contributed by atoms with Crippen molar-refractivity contribution < 1.29 is 9.13 Å². The first-order valence-electron chi connectivity index (χ1n) is 8.89. The van der Waals surface area contributed by atoms with Crippen LogP contribution in [0.5, 0.6) is 5.88 Å². The van der Waals surface area contributed by atoms with E-state index in [1.165, 1.54) is 11.3 Å². The van der Waals surface area contributed by atoms with E-state index in [4.69, 9.17) is 4.74 Å². The minimum Gasteiger partial charge on any atom is -0.421 e. The molecular formula is C19H30FN5O. The van der Waals surface area contributed by atoms with Crippen LogP contribution in [0.25, 0.3) is 0 Å². The molecule has 0 spiro atoms. The molecule has 6 nitrogen and oxygen atoms in total. The third-order valence-corrected chi connectivity index (χ3v) is 2.96. The fourth-order valence-corrected chi connectivity index (χ4v) is 1.75. The van der Waals surface area contributed by atoms with Gasteiger partial charge in [0.1, 0.15) is 13.0 Å². The number of hydrazone groups is 1. The third-order valence-electron chi connectivity index (χ3n) is 2.96. The Morgan fingerprint density at radius 3 is 2.65 bits per heavy atom. The van der Waals surface area contributed by atoms with Gasteiger partial charge in [0.15, 0.2) is 6.47 Å². The molecule has 2 heterocycles. The summed E-state index contributed by atoms with van der Waals surface area (Å²) >= 11 is 0. The SMILES string of the molecule is C/C=C\C.CC.CCCc1cncnc1OC1=CCC=NN1C/N=C/F. The van der Waals surface area contributed by atoms with E-state index in [0.29, 0.717) is 18.2 Å². The van der Waals surface area contributed by atoms with E-state index >= 15 is 0 Å². The lowest BCUT2D eigenvalue weighted by molar-refractivity contribution is 0.216. The summed E-state index contributed by atoms with van der Waals surface area (Å²) in [4.78, 5) is 11.7. The fraction of sp³-hybridized carbons (Fsp3) is 0.474. The lowest BCUT2D eigenvalue weighted by Crippen LogP contribution is -2.24. The summed E-state index contributed by atoms with van der Waals surface area (Å²) < 4.78 is 17.8. The highest BCUT2D eigenvalue weighted by molar-refractivity contribution is 5.60. The second-order valence-corrected chi connectivity index (χ2v) is 4.77. The van der Waals surface area contributed by atoms with Crippen molar-refractivity contribution in [3.8, 4) is 5.88 Å². The van der Waals surface area contributed by atoms with Crippen LogP contribution in [0, 0.1) is 0 Å². The second kappa shape index (κ2) is 15.9. The molecule has 0 aromatic carbocycles. The maximum atomic E-state index is 12.0. The van der Waals surface area contributed by atoms with Crippen molar-refractivity contribution in [2.24, 2.45) is 10.1 Å². The van der Waals surface area contributed by atoms with Crippen LogP contribution in [0.4, 0.5) is 4.39 Å². The van der Waals surface area contributed by atoms with Gasteiger partial charge in [0.2, 0.25) is 11.8 Å². The van der Waals surface area contributed by atoms with Crippen molar-refractivity contribution in [2.45, 2.75) is 53.9 Å². The number of halogens is 1. The summed E-state index contributed by atoms with van der Waals surface area (Å²) in [7, 11) is 0. The quantitative estimate of drug-likeness (QED) is 0.532. The summed E-state index contributed by atoms with van der Waals surface area (Å²) in [6.45, 7) is 10.4. The zero-order valence-electron chi connectivity index (χ0n) is 16.4. The average Bonchev–Trinajstić information content (AvgIpc) is 2.71. The molecule has 0 bridgehead atoms. The Balaban J connectivity index is 0.000000920. The highest BCUT2D eigenvalue weighted by Crippen LogP contribution is 2.21. The fourth-order valence-electron chi connectivity index (χ4n) is 1.75. The normalized spacial score (nSPS) is 13.0. The van der Waals surface area contributed by atoms with Crippen LogP contribution in [0.15, 0.2) is 46.7 Å². The molecule has 1 aliphatic rings. The number of hydrogen-bond donors (Lipinski definition) is 0. The molecule has 1 aromatic heterocycles. The Bertz CT molecular complexity index is 595. The smallest absolute Gasteiger partial charge is 0.227 e. The topological polar surface area (TPSA) is 63.0 Å². The first-order valence-corrected chi connectivity index (χ1v) is 8.89. The lowest BCUT2D eigenvalue weighted by atomic mass is 10.2. The molecule has 1 aliphatic heterocycles. The highest BCUT2D eigenvalue weighted by atomic mass is 19.1. The molecule has 0 atom stereocenters. The number of aliphatic imine (C=N–C) groups is 1. The Hall–Kier alpha value is -2.57. The van der Waals surface area contributed by atoms with E-state index in [0.717, 1.165) is 18.4 Å². The molecule has 2 rings (SSSR count). The minimum absolute atomic E-state index is 0.0625. The van der Waals surface area contributed by atoms with Crippen molar-refractivity contribution in [3.63, 3.8) is 0 Å². The van der Waals surface area contributed by atoms with E-state index in [1.807, 2.05) is 45.9 Å². The molecule has 144 valence electrons. The molecule has 0 unspecified atom stereocenters. The molecule has 1 aromatic rings. The molecule has 0 saturated heterocycles. The van der Waals surface area contributed by atoms with Gasteiger partial charge in [-0.3, -0.25) is 0 Å². The van der Waals surface area contributed by atoms with E-state index in [1.54, 1.807) is 12.4 Å². The molecule has 7 heteroatoms. The maximum absolute atomic E-state index is 12.0. The van der Waals surface area contributed by atoms with E-state index < -0.39 is 0 Å². The first-order chi connectivity index (χ1) is 12.8. The van der Waals surface area contributed by atoms with Crippen LogP contribution in [-0.2, 0) is 6.42 Å². The van der Waals surface area contributed by atoms with Gasteiger partial charge in [0.05, 0.1) is 0 Å². The predicted molar refractivity (Wildman–Crippen MR) is 106 cm³/mol. The Labute approximate surface area is 156 Å².